The van der Waals surface area contributed by atoms with Crippen LogP contribution in [0.4, 0.5) is 17.3 Å². The molecule has 8 nitrogen and oxygen atoms in total. The van der Waals surface area contributed by atoms with E-state index in [1.165, 1.54) is 5.56 Å². The molecule has 8 N–H and O–H groups in total. The maximum Gasteiger partial charge on any atom is 0.165 e. The standard InChI is InChI=1S/C19H26N8/c1-27-12-14(11-24-27)15(7-8-23-10-13-5-3-2-4-6-13)16-9-17(20)25-19(26-22)18(16)21/h2-6,9,11-12,15,23H,7-8,10,21-22H2,1H3,(H3,20,25,26). The number of benzene rings is 1. The van der Waals surface area contributed by atoms with E-state index in [-0.39, 0.29) is 5.92 Å². The summed E-state index contributed by atoms with van der Waals surface area (Å²) in [5.74, 6) is 6.33. The first-order valence-corrected chi connectivity index (χ1v) is 8.84. The molecule has 2 aromatic heterocycles. The van der Waals surface area contributed by atoms with Crippen LogP contribution in [0.5, 0.6) is 0 Å². The molecule has 0 saturated heterocycles. The largest absolute Gasteiger partial charge is 0.395 e. The molecule has 0 saturated carbocycles. The van der Waals surface area contributed by atoms with Crippen LogP contribution in [0.15, 0.2) is 48.8 Å². The van der Waals surface area contributed by atoms with Crippen LogP contribution in [0.1, 0.15) is 29.0 Å². The van der Waals surface area contributed by atoms with E-state index in [4.69, 9.17) is 17.3 Å². The summed E-state index contributed by atoms with van der Waals surface area (Å²) in [6.45, 7) is 1.62. The zero-order chi connectivity index (χ0) is 19.2. The first kappa shape index (κ1) is 18.7. The number of pyridine rings is 1. The Balaban J connectivity index is 1.79. The number of hydrogen-bond donors (Lipinski definition) is 5. The van der Waals surface area contributed by atoms with Crippen LogP contribution < -0.4 is 28.1 Å². The van der Waals surface area contributed by atoms with Gasteiger partial charge in [0, 0.05) is 25.7 Å². The molecular formula is C19H26N8. The second-order valence-electron chi connectivity index (χ2n) is 6.49. The molecule has 1 atom stereocenters. The van der Waals surface area contributed by atoms with Gasteiger partial charge < -0.3 is 22.2 Å². The average molecular weight is 366 g/mol. The summed E-state index contributed by atoms with van der Waals surface area (Å²) >= 11 is 0. The lowest BCUT2D eigenvalue weighted by molar-refractivity contribution is 0.612. The summed E-state index contributed by atoms with van der Waals surface area (Å²) in [5.41, 5.74) is 18.5. The van der Waals surface area contributed by atoms with Crippen molar-refractivity contribution in [3.63, 3.8) is 0 Å². The third-order valence-corrected chi connectivity index (χ3v) is 4.53. The number of aryl methyl sites for hydroxylation is 1. The van der Waals surface area contributed by atoms with Crippen molar-refractivity contribution in [1.82, 2.24) is 20.1 Å². The molecule has 0 aliphatic carbocycles. The first-order valence-electron chi connectivity index (χ1n) is 8.84. The highest BCUT2D eigenvalue weighted by atomic mass is 15.3. The maximum absolute atomic E-state index is 6.29. The van der Waals surface area contributed by atoms with Crippen molar-refractivity contribution in [2.24, 2.45) is 12.9 Å². The van der Waals surface area contributed by atoms with Crippen molar-refractivity contribution in [2.75, 3.05) is 23.4 Å². The minimum Gasteiger partial charge on any atom is -0.395 e. The summed E-state index contributed by atoms with van der Waals surface area (Å²) in [4.78, 5) is 4.15. The summed E-state index contributed by atoms with van der Waals surface area (Å²) in [6.07, 6.45) is 4.68. The molecule has 0 spiro atoms. The van der Waals surface area contributed by atoms with Crippen molar-refractivity contribution in [3.05, 3.63) is 65.5 Å². The van der Waals surface area contributed by atoms with Crippen LogP contribution >= 0.6 is 0 Å². The van der Waals surface area contributed by atoms with Crippen LogP contribution in [0.2, 0.25) is 0 Å². The molecule has 0 fully saturated rings. The molecule has 0 aliphatic rings. The van der Waals surface area contributed by atoms with Gasteiger partial charge in [-0.25, -0.2) is 10.8 Å². The van der Waals surface area contributed by atoms with Gasteiger partial charge in [0.2, 0.25) is 0 Å². The first-order chi connectivity index (χ1) is 13.1. The minimum atomic E-state index is 0.0272. The summed E-state index contributed by atoms with van der Waals surface area (Å²) in [6, 6.07) is 12.1. The third-order valence-electron chi connectivity index (χ3n) is 4.53. The van der Waals surface area contributed by atoms with E-state index in [0.717, 1.165) is 30.6 Å². The van der Waals surface area contributed by atoms with Crippen LogP contribution in [0.25, 0.3) is 0 Å². The Morgan fingerprint density at radius 2 is 1.96 bits per heavy atom. The van der Waals surface area contributed by atoms with Crippen molar-refractivity contribution < 1.29 is 0 Å². The average Bonchev–Trinajstić information content (AvgIpc) is 3.10. The Kier molecular flexibility index (Phi) is 5.90. The molecule has 8 heteroatoms. The van der Waals surface area contributed by atoms with Crippen molar-refractivity contribution in [1.29, 1.82) is 0 Å². The second-order valence-corrected chi connectivity index (χ2v) is 6.49. The highest BCUT2D eigenvalue weighted by Crippen LogP contribution is 2.35. The zero-order valence-corrected chi connectivity index (χ0v) is 15.4. The van der Waals surface area contributed by atoms with Gasteiger partial charge in [0.25, 0.3) is 0 Å². The molecule has 1 aromatic carbocycles. The molecule has 142 valence electrons. The van der Waals surface area contributed by atoms with Crippen LogP contribution in [0.3, 0.4) is 0 Å². The van der Waals surface area contributed by atoms with Gasteiger partial charge in [-0.15, -0.1) is 0 Å². The number of rotatable bonds is 8. The zero-order valence-electron chi connectivity index (χ0n) is 15.4. The second kappa shape index (κ2) is 8.52. The third kappa shape index (κ3) is 4.55. The Bertz CT molecular complexity index is 875. The van der Waals surface area contributed by atoms with E-state index in [1.807, 2.05) is 43.7 Å². The van der Waals surface area contributed by atoms with Gasteiger partial charge >= 0.3 is 0 Å². The summed E-state index contributed by atoms with van der Waals surface area (Å²) in [7, 11) is 1.89. The molecule has 0 aliphatic heterocycles. The number of nitrogens with one attached hydrogen (secondary N) is 2. The molecule has 2 heterocycles. The summed E-state index contributed by atoms with van der Waals surface area (Å²) < 4.78 is 1.78. The van der Waals surface area contributed by atoms with E-state index in [9.17, 15) is 0 Å². The number of aromatic nitrogens is 3. The van der Waals surface area contributed by atoms with Gasteiger partial charge in [-0.1, -0.05) is 30.3 Å². The van der Waals surface area contributed by atoms with Gasteiger partial charge in [0.05, 0.1) is 11.9 Å². The molecule has 3 rings (SSSR count). The number of nitrogens with zero attached hydrogens (tertiary/aromatic N) is 3. The molecule has 0 bridgehead atoms. The van der Waals surface area contributed by atoms with Gasteiger partial charge in [-0.2, -0.15) is 5.10 Å². The van der Waals surface area contributed by atoms with E-state index < -0.39 is 0 Å². The Hall–Kier alpha value is -3.10. The number of nitrogens with two attached hydrogens (primary N) is 3. The molecule has 27 heavy (non-hydrogen) atoms. The highest BCUT2D eigenvalue weighted by Gasteiger charge is 2.21. The normalized spacial score (nSPS) is 12.1. The fraction of sp³-hybridized carbons (Fsp3) is 0.263. The Labute approximate surface area is 158 Å². The number of nitrogen functional groups attached to an aromatic ring is 3. The van der Waals surface area contributed by atoms with E-state index in [0.29, 0.717) is 17.3 Å². The van der Waals surface area contributed by atoms with Gasteiger partial charge in [0.1, 0.15) is 5.82 Å². The molecule has 1 unspecified atom stereocenters. The van der Waals surface area contributed by atoms with Crippen molar-refractivity contribution in [2.45, 2.75) is 18.9 Å². The molecular weight excluding hydrogens is 340 g/mol. The lowest BCUT2D eigenvalue weighted by Crippen LogP contribution is -2.19. The Morgan fingerprint density at radius 1 is 1.19 bits per heavy atom. The van der Waals surface area contributed by atoms with E-state index in [2.05, 4.69) is 33.0 Å². The van der Waals surface area contributed by atoms with Crippen molar-refractivity contribution in [3.8, 4) is 0 Å². The lowest BCUT2D eigenvalue weighted by Gasteiger charge is -2.20. The minimum absolute atomic E-state index is 0.0272. The van der Waals surface area contributed by atoms with Crippen molar-refractivity contribution >= 4 is 17.3 Å². The quantitative estimate of drug-likeness (QED) is 0.232. The van der Waals surface area contributed by atoms with Crippen LogP contribution in [0, 0.1) is 0 Å². The van der Waals surface area contributed by atoms with Crippen LogP contribution in [-0.2, 0) is 13.6 Å². The lowest BCUT2D eigenvalue weighted by atomic mass is 9.89. The van der Waals surface area contributed by atoms with Gasteiger partial charge in [0.15, 0.2) is 5.82 Å². The maximum atomic E-state index is 6.29. The Morgan fingerprint density at radius 3 is 2.63 bits per heavy atom. The molecule has 0 amide bonds. The van der Waals surface area contributed by atoms with E-state index in [1.54, 1.807) is 4.68 Å². The number of anilines is 3. The molecule has 0 radical (unpaired) electrons. The smallest absolute Gasteiger partial charge is 0.165 e. The molecule has 3 aromatic rings. The predicted octanol–water partition coefficient (Wildman–Crippen LogP) is 1.58. The number of hydrazine groups is 1. The predicted molar refractivity (Wildman–Crippen MR) is 109 cm³/mol. The fourth-order valence-corrected chi connectivity index (χ4v) is 3.19. The number of hydrogen-bond acceptors (Lipinski definition) is 7. The monoisotopic (exact) mass is 366 g/mol. The topological polar surface area (TPSA) is 133 Å². The summed E-state index contributed by atoms with van der Waals surface area (Å²) in [5, 5.41) is 7.79. The highest BCUT2D eigenvalue weighted by molar-refractivity contribution is 5.70. The van der Waals surface area contributed by atoms with Crippen LogP contribution in [-0.4, -0.2) is 21.3 Å². The fourth-order valence-electron chi connectivity index (χ4n) is 3.19. The van der Waals surface area contributed by atoms with Gasteiger partial charge in [-0.05, 0) is 35.7 Å². The SMILES string of the molecule is Cn1cc(C(CCNCc2ccccc2)c2cc(N)nc(NN)c2N)cn1. The van der Waals surface area contributed by atoms with E-state index >= 15 is 0 Å². The van der Waals surface area contributed by atoms with Gasteiger partial charge in [-0.3, -0.25) is 4.68 Å².